The SMILES string of the molecule is CCC(=NNC(=O)c1ccc(C)nc1)c1ccc(-c2ccccc2)cc1. The molecule has 2 aromatic carbocycles. The molecule has 0 aliphatic carbocycles. The van der Waals surface area contributed by atoms with E-state index in [-0.39, 0.29) is 5.91 Å². The van der Waals surface area contributed by atoms with E-state index in [0.717, 1.165) is 29.0 Å². The number of carbonyl (C=O) groups is 1. The molecule has 1 N–H and O–H groups in total. The lowest BCUT2D eigenvalue weighted by Crippen LogP contribution is -2.20. The van der Waals surface area contributed by atoms with Crippen molar-refractivity contribution in [3.05, 3.63) is 89.7 Å². The lowest BCUT2D eigenvalue weighted by Gasteiger charge is -2.07. The molecule has 4 heteroatoms. The van der Waals surface area contributed by atoms with E-state index < -0.39 is 0 Å². The number of carbonyl (C=O) groups excluding carboxylic acids is 1. The van der Waals surface area contributed by atoms with E-state index in [9.17, 15) is 4.79 Å². The highest BCUT2D eigenvalue weighted by Gasteiger charge is 2.07. The Hall–Kier alpha value is -3.27. The predicted molar refractivity (Wildman–Crippen MR) is 105 cm³/mol. The van der Waals surface area contributed by atoms with Gasteiger partial charge in [0.25, 0.3) is 5.91 Å². The number of aryl methyl sites for hydroxylation is 1. The number of nitrogens with zero attached hydrogens (tertiary/aromatic N) is 2. The zero-order chi connectivity index (χ0) is 18.4. The van der Waals surface area contributed by atoms with Crippen LogP contribution in [0.15, 0.2) is 78.0 Å². The Morgan fingerprint density at radius 2 is 1.58 bits per heavy atom. The Kier molecular flexibility index (Phi) is 5.54. The zero-order valence-corrected chi connectivity index (χ0v) is 14.9. The minimum Gasteiger partial charge on any atom is -0.267 e. The summed E-state index contributed by atoms with van der Waals surface area (Å²) < 4.78 is 0. The minimum absolute atomic E-state index is 0.260. The van der Waals surface area contributed by atoms with Crippen LogP contribution in [-0.4, -0.2) is 16.6 Å². The van der Waals surface area contributed by atoms with Crippen molar-refractivity contribution in [2.45, 2.75) is 20.3 Å². The number of rotatable bonds is 5. The largest absolute Gasteiger partial charge is 0.272 e. The molecule has 0 spiro atoms. The van der Waals surface area contributed by atoms with Crippen LogP contribution < -0.4 is 5.43 Å². The Morgan fingerprint density at radius 3 is 2.19 bits per heavy atom. The molecule has 0 aliphatic heterocycles. The van der Waals surface area contributed by atoms with Gasteiger partial charge < -0.3 is 0 Å². The number of pyridine rings is 1. The van der Waals surface area contributed by atoms with E-state index in [1.807, 2.05) is 50.2 Å². The molecule has 0 bridgehead atoms. The van der Waals surface area contributed by atoms with Crippen molar-refractivity contribution >= 4 is 11.6 Å². The molecule has 0 aliphatic rings. The summed E-state index contributed by atoms with van der Waals surface area (Å²) in [6.07, 6.45) is 2.28. The van der Waals surface area contributed by atoms with Crippen LogP contribution in [0.25, 0.3) is 11.1 Å². The Balaban J connectivity index is 1.74. The first-order valence-corrected chi connectivity index (χ1v) is 8.63. The Labute approximate surface area is 153 Å². The maximum absolute atomic E-state index is 12.2. The molecule has 0 atom stereocenters. The second-order valence-electron chi connectivity index (χ2n) is 5.98. The van der Waals surface area contributed by atoms with Gasteiger partial charge in [0.15, 0.2) is 0 Å². The molecule has 0 fully saturated rings. The lowest BCUT2D eigenvalue weighted by atomic mass is 10.0. The molecule has 1 amide bonds. The fourth-order valence-electron chi connectivity index (χ4n) is 2.62. The van der Waals surface area contributed by atoms with Gasteiger partial charge in [-0.15, -0.1) is 0 Å². The van der Waals surface area contributed by atoms with Crippen LogP contribution >= 0.6 is 0 Å². The van der Waals surface area contributed by atoms with Crippen LogP contribution in [0.3, 0.4) is 0 Å². The van der Waals surface area contributed by atoms with E-state index in [1.165, 1.54) is 5.56 Å². The summed E-state index contributed by atoms with van der Waals surface area (Å²) in [6.45, 7) is 3.90. The van der Waals surface area contributed by atoms with Gasteiger partial charge in [0.05, 0.1) is 11.3 Å². The Morgan fingerprint density at radius 1 is 0.923 bits per heavy atom. The number of hydrogen-bond donors (Lipinski definition) is 1. The smallest absolute Gasteiger partial charge is 0.267 e. The van der Waals surface area contributed by atoms with Crippen molar-refractivity contribution in [3.8, 4) is 11.1 Å². The number of nitrogens with one attached hydrogen (secondary N) is 1. The van der Waals surface area contributed by atoms with Crippen molar-refractivity contribution in [1.82, 2.24) is 10.4 Å². The summed E-state index contributed by atoms with van der Waals surface area (Å²) in [6, 6.07) is 22.0. The van der Waals surface area contributed by atoms with Gasteiger partial charge in [-0.2, -0.15) is 5.10 Å². The van der Waals surface area contributed by atoms with E-state index in [1.54, 1.807) is 12.3 Å². The summed E-state index contributed by atoms with van der Waals surface area (Å²) in [5, 5.41) is 4.30. The lowest BCUT2D eigenvalue weighted by molar-refractivity contribution is 0.0954. The molecular weight excluding hydrogens is 322 g/mol. The van der Waals surface area contributed by atoms with Gasteiger partial charge in [-0.3, -0.25) is 9.78 Å². The molecular formula is C22H21N3O. The highest BCUT2D eigenvalue weighted by Crippen LogP contribution is 2.19. The summed E-state index contributed by atoms with van der Waals surface area (Å²) >= 11 is 0. The van der Waals surface area contributed by atoms with Gasteiger partial charge in [0.1, 0.15) is 0 Å². The van der Waals surface area contributed by atoms with E-state index in [2.05, 4.69) is 39.8 Å². The van der Waals surface area contributed by atoms with Gasteiger partial charge in [0, 0.05) is 11.9 Å². The summed E-state index contributed by atoms with van der Waals surface area (Å²) in [4.78, 5) is 16.3. The molecule has 1 aromatic heterocycles. The molecule has 0 unspecified atom stereocenters. The van der Waals surface area contributed by atoms with E-state index in [0.29, 0.717) is 5.56 Å². The second kappa shape index (κ2) is 8.21. The maximum Gasteiger partial charge on any atom is 0.272 e. The van der Waals surface area contributed by atoms with E-state index in [4.69, 9.17) is 0 Å². The maximum atomic E-state index is 12.2. The third-order valence-corrected chi connectivity index (χ3v) is 4.13. The number of hydrogen-bond acceptors (Lipinski definition) is 3. The molecule has 130 valence electrons. The first-order chi connectivity index (χ1) is 12.7. The molecule has 0 saturated heterocycles. The molecule has 4 nitrogen and oxygen atoms in total. The number of hydrazone groups is 1. The van der Waals surface area contributed by atoms with Crippen LogP contribution in [0.5, 0.6) is 0 Å². The summed E-state index contributed by atoms with van der Waals surface area (Å²) in [5.41, 5.74) is 8.14. The van der Waals surface area contributed by atoms with Crippen LogP contribution in [0.1, 0.15) is 35.0 Å². The standard InChI is InChI=1S/C22H21N3O/c1-3-21(24-25-22(26)20-10-9-16(2)23-15-20)19-13-11-18(12-14-19)17-7-5-4-6-8-17/h4-15H,3H2,1-2H3,(H,25,26). The first-order valence-electron chi connectivity index (χ1n) is 8.63. The normalized spacial score (nSPS) is 11.2. The van der Waals surface area contributed by atoms with Crippen LogP contribution in [0, 0.1) is 6.92 Å². The fourth-order valence-corrected chi connectivity index (χ4v) is 2.62. The van der Waals surface area contributed by atoms with Crippen LogP contribution in [0.2, 0.25) is 0 Å². The number of aromatic nitrogens is 1. The quantitative estimate of drug-likeness (QED) is 0.544. The van der Waals surface area contributed by atoms with Gasteiger partial charge >= 0.3 is 0 Å². The van der Waals surface area contributed by atoms with Crippen molar-refractivity contribution in [1.29, 1.82) is 0 Å². The van der Waals surface area contributed by atoms with Gasteiger partial charge in [0.2, 0.25) is 0 Å². The van der Waals surface area contributed by atoms with Crippen molar-refractivity contribution in [2.24, 2.45) is 5.10 Å². The molecule has 0 radical (unpaired) electrons. The number of amides is 1. The topological polar surface area (TPSA) is 54.4 Å². The summed E-state index contributed by atoms with van der Waals surface area (Å²) in [7, 11) is 0. The second-order valence-corrected chi connectivity index (χ2v) is 5.98. The Bertz CT molecular complexity index is 898. The monoisotopic (exact) mass is 343 g/mol. The summed E-state index contributed by atoms with van der Waals surface area (Å²) in [5.74, 6) is -0.260. The van der Waals surface area contributed by atoms with Crippen molar-refractivity contribution in [2.75, 3.05) is 0 Å². The zero-order valence-electron chi connectivity index (χ0n) is 14.9. The molecule has 1 heterocycles. The molecule has 3 aromatic rings. The highest BCUT2D eigenvalue weighted by atomic mass is 16.2. The third kappa shape index (κ3) is 4.22. The van der Waals surface area contributed by atoms with Gasteiger partial charge in [-0.25, -0.2) is 5.43 Å². The molecule has 3 rings (SSSR count). The first kappa shape index (κ1) is 17.5. The third-order valence-electron chi connectivity index (χ3n) is 4.13. The van der Waals surface area contributed by atoms with Crippen LogP contribution in [-0.2, 0) is 0 Å². The number of benzene rings is 2. The highest BCUT2D eigenvalue weighted by molar-refractivity contribution is 6.02. The predicted octanol–water partition coefficient (Wildman–Crippen LogP) is 4.60. The minimum atomic E-state index is -0.260. The fraction of sp³-hybridized carbons (Fsp3) is 0.136. The van der Waals surface area contributed by atoms with Crippen molar-refractivity contribution < 1.29 is 4.79 Å². The molecule has 0 saturated carbocycles. The average molecular weight is 343 g/mol. The molecule has 26 heavy (non-hydrogen) atoms. The van der Waals surface area contributed by atoms with Gasteiger partial charge in [-0.1, -0.05) is 61.5 Å². The van der Waals surface area contributed by atoms with Gasteiger partial charge in [-0.05, 0) is 42.2 Å². The van der Waals surface area contributed by atoms with Crippen molar-refractivity contribution in [3.63, 3.8) is 0 Å². The average Bonchev–Trinajstić information content (AvgIpc) is 2.70. The van der Waals surface area contributed by atoms with E-state index >= 15 is 0 Å². The van der Waals surface area contributed by atoms with Crippen LogP contribution in [0.4, 0.5) is 0 Å².